The standard InChI is InChI=1S/C15H23N3O3S/c1-16-6-2-11(3-7-16)14(20)17-8-4-12(5-9-17)18-13(19)10-22-15(18)21/h11-12H,2-10H2,1H3. The van der Waals surface area contributed by atoms with Gasteiger partial charge in [-0.05, 0) is 45.8 Å². The molecule has 0 saturated carbocycles. The van der Waals surface area contributed by atoms with Gasteiger partial charge in [0.15, 0.2) is 0 Å². The fraction of sp³-hybridized carbons (Fsp3) is 0.800. The number of hydrogen-bond donors (Lipinski definition) is 0. The second kappa shape index (κ2) is 6.58. The fourth-order valence-corrected chi connectivity index (χ4v) is 4.35. The number of imide groups is 1. The molecule has 7 heteroatoms. The summed E-state index contributed by atoms with van der Waals surface area (Å²) in [5.74, 6) is 0.613. The third kappa shape index (κ3) is 3.15. The van der Waals surface area contributed by atoms with Crippen LogP contribution < -0.4 is 0 Å². The maximum absolute atomic E-state index is 12.6. The largest absolute Gasteiger partial charge is 0.342 e. The minimum absolute atomic E-state index is 0.0171. The number of nitrogens with zero attached hydrogens (tertiary/aromatic N) is 3. The van der Waals surface area contributed by atoms with E-state index in [0.29, 0.717) is 13.1 Å². The third-order valence-corrected chi connectivity index (χ3v) is 5.83. The molecule has 0 spiro atoms. The van der Waals surface area contributed by atoms with Crippen LogP contribution in [0, 0.1) is 5.92 Å². The van der Waals surface area contributed by atoms with Crippen molar-refractivity contribution in [1.82, 2.24) is 14.7 Å². The monoisotopic (exact) mass is 325 g/mol. The van der Waals surface area contributed by atoms with Gasteiger partial charge in [-0.15, -0.1) is 0 Å². The number of carbonyl (C=O) groups is 3. The van der Waals surface area contributed by atoms with E-state index in [2.05, 4.69) is 11.9 Å². The van der Waals surface area contributed by atoms with Crippen molar-refractivity contribution in [3.05, 3.63) is 0 Å². The summed E-state index contributed by atoms with van der Waals surface area (Å²) in [7, 11) is 2.09. The van der Waals surface area contributed by atoms with Crippen molar-refractivity contribution in [2.24, 2.45) is 5.92 Å². The van der Waals surface area contributed by atoms with Crippen molar-refractivity contribution >= 4 is 28.8 Å². The Morgan fingerprint density at radius 1 is 1.05 bits per heavy atom. The lowest BCUT2D eigenvalue weighted by Gasteiger charge is -2.38. The van der Waals surface area contributed by atoms with E-state index < -0.39 is 0 Å². The van der Waals surface area contributed by atoms with E-state index >= 15 is 0 Å². The molecule has 0 unspecified atom stereocenters. The Labute approximate surface area is 135 Å². The summed E-state index contributed by atoms with van der Waals surface area (Å²) in [5, 5.41) is -0.120. The lowest BCUT2D eigenvalue weighted by molar-refractivity contribution is -0.138. The summed E-state index contributed by atoms with van der Waals surface area (Å²) in [6.07, 6.45) is 3.32. The molecule has 3 rings (SSSR count). The minimum atomic E-state index is -0.120. The highest BCUT2D eigenvalue weighted by molar-refractivity contribution is 8.14. The van der Waals surface area contributed by atoms with Crippen LogP contribution in [-0.4, -0.2) is 76.8 Å². The van der Waals surface area contributed by atoms with Gasteiger partial charge < -0.3 is 9.80 Å². The molecule has 3 aliphatic rings. The van der Waals surface area contributed by atoms with Crippen molar-refractivity contribution in [1.29, 1.82) is 0 Å². The molecule has 0 aliphatic carbocycles. The minimum Gasteiger partial charge on any atom is -0.342 e. The van der Waals surface area contributed by atoms with Crippen LogP contribution in [0.15, 0.2) is 0 Å². The molecule has 22 heavy (non-hydrogen) atoms. The number of rotatable bonds is 2. The van der Waals surface area contributed by atoms with E-state index in [9.17, 15) is 14.4 Å². The molecule has 3 amide bonds. The van der Waals surface area contributed by atoms with Gasteiger partial charge in [-0.25, -0.2) is 0 Å². The molecule has 0 N–H and O–H groups in total. The van der Waals surface area contributed by atoms with Crippen LogP contribution in [0.4, 0.5) is 4.79 Å². The van der Waals surface area contributed by atoms with Crippen molar-refractivity contribution < 1.29 is 14.4 Å². The molecule has 122 valence electrons. The Bertz CT molecular complexity index is 453. The van der Waals surface area contributed by atoms with Crippen LogP contribution in [0.3, 0.4) is 0 Å². The highest BCUT2D eigenvalue weighted by Gasteiger charge is 2.38. The van der Waals surface area contributed by atoms with Crippen LogP contribution in [-0.2, 0) is 9.59 Å². The van der Waals surface area contributed by atoms with Crippen LogP contribution in [0.2, 0.25) is 0 Å². The van der Waals surface area contributed by atoms with Crippen LogP contribution in [0.5, 0.6) is 0 Å². The Balaban J connectivity index is 1.52. The maximum atomic E-state index is 12.6. The summed E-state index contributed by atoms with van der Waals surface area (Å²) in [4.78, 5) is 41.7. The molecular formula is C15H23N3O3S. The molecule has 0 bridgehead atoms. The van der Waals surface area contributed by atoms with Crippen molar-refractivity contribution in [2.45, 2.75) is 31.7 Å². The SMILES string of the molecule is CN1CCC(C(=O)N2CCC(N3C(=O)CSC3=O)CC2)CC1. The first-order valence-electron chi connectivity index (χ1n) is 8.02. The quantitative estimate of drug-likeness (QED) is 0.758. The second-order valence-electron chi connectivity index (χ2n) is 6.45. The molecule has 3 fully saturated rings. The predicted molar refractivity (Wildman–Crippen MR) is 84.5 cm³/mol. The summed E-state index contributed by atoms with van der Waals surface area (Å²) in [6, 6.07) is -0.0171. The molecule has 3 saturated heterocycles. The van der Waals surface area contributed by atoms with Gasteiger partial charge in [0, 0.05) is 25.0 Å². The number of piperidine rings is 2. The second-order valence-corrected chi connectivity index (χ2v) is 7.38. The first-order valence-corrected chi connectivity index (χ1v) is 9.01. The van der Waals surface area contributed by atoms with Gasteiger partial charge in [-0.1, -0.05) is 11.8 Å². The van der Waals surface area contributed by atoms with E-state index in [4.69, 9.17) is 0 Å². The van der Waals surface area contributed by atoms with E-state index in [1.165, 1.54) is 4.90 Å². The maximum Gasteiger partial charge on any atom is 0.289 e. The summed E-state index contributed by atoms with van der Waals surface area (Å²) >= 11 is 1.09. The molecule has 6 nitrogen and oxygen atoms in total. The Morgan fingerprint density at radius 2 is 1.68 bits per heavy atom. The van der Waals surface area contributed by atoms with Gasteiger partial charge in [-0.3, -0.25) is 19.3 Å². The lowest BCUT2D eigenvalue weighted by atomic mass is 9.94. The lowest BCUT2D eigenvalue weighted by Crippen LogP contribution is -2.50. The van der Waals surface area contributed by atoms with Crippen LogP contribution >= 0.6 is 11.8 Å². The molecule has 0 atom stereocenters. The van der Waals surface area contributed by atoms with Gasteiger partial charge >= 0.3 is 0 Å². The summed E-state index contributed by atoms with van der Waals surface area (Å²) in [6.45, 7) is 3.30. The zero-order valence-corrected chi connectivity index (χ0v) is 13.8. The zero-order chi connectivity index (χ0) is 15.7. The Morgan fingerprint density at radius 3 is 2.23 bits per heavy atom. The molecule has 0 radical (unpaired) electrons. The smallest absolute Gasteiger partial charge is 0.289 e. The molecule has 3 aliphatic heterocycles. The number of hydrogen-bond acceptors (Lipinski definition) is 5. The number of carbonyl (C=O) groups excluding carboxylic acids is 3. The third-order valence-electron chi connectivity index (χ3n) is 4.99. The Kier molecular flexibility index (Phi) is 4.73. The average molecular weight is 325 g/mol. The summed E-state index contributed by atoms with van der Waals surface area (Å²) < 4.78 is 0. The predicted octanol–water partition coefficient (Wildman–Crippen LogP) is 1.01. The molecule has 0 aromatic heterocycles. The van der Waals surface area contributed by atoms with Crippen molar-refractivity contribution in [3.8, 4) is 0 Å². The Hall–Kier alpha value is -1.08. The molecule has 3 heterocycles. The summed E-state index contributed by atoms with van der Waals surface area (Å²) in [5.41, 5.74) is 0. The molecular weight excluding hydrogens is 302 g/mol. The first-order chi connectivity index (χ1) is 10.6. The zero-order valence-electron chi connectivity index (χ0n) is 13.0. The van der Waals surface area contributed by atoms with E-state index in [1.807, 2.05) is 4.90 Å². The number of amides is 3. The number of thioether (sulfide) groups is 1. The van der Waals surface area contributed by atoms with E-state index in [-0.39, 0.29) is 34.8 Å². The first kappa shape index (κ1) is 15.8. The van der Waals surface area contributed by atoms with Crippen LogP contribution in [0.25, 0.3) is 0 Å². The highest BCUT2D eigenvalue weighted by atomic mass is 32.2. The van der Waals surface area contributed by atoms with E-state index in [0.717, 1.165) is 50.5 Å². The highest BCUT2D eigenvalue weighted by Crippen LogP contribution is 2.28. The van der Waals surface area contributed by atoms with Crippen LogP contribution in [0.1, 0.15) is 25.7 Å². The molecule has 0 aromatic rings. The normalized spacial score (nSPS) is 26.0. The van der Waals surface area contributed by atoms with Gasteiger partial charge in [0.1, 0.15) is 0 Å². The fourth-order valence-electron chi connectivity index (χ4n) is 3.58. The van der Waals surface area contributed by atoms with E-state index in [1.54, 1.807) is 0 Å². The van der Waals surface area contributed by atoms with Crippen molar-refractivity contribution in [2.75, 3.05) is 39.0 Å². The average Bonchev–Trinajstić information content (AvgIpc) is 2.86. The van der Waals surface area contributed by atoms with Gasteiger partial charge in [0.05, 0.1) is 5.75 Å². The topological polar surface area (TPSA) is 60.9 Å². The van der Waals surface area contributed by atoms with Gasteiger partial charge in [0.25, 0.3) is 5.24 Å². The van der Waals surface area contributed by atoms with Gasteiger partial charge in [0.2, 0.25) is 11.8 Å². The van der Waals surface area contributed by atoms with Gasteiger partial charge in [-0.2, -0.15) is 0 Å². The van der Waals surface area contributed by atoms with Crippen molar-refractivity contribution in [3.63, 3.8) is 0 Å². The number of likely N-dealkylation sites (tertiary alicyclic amines) is 2. The molecule has 0 aromatic carbocycles.